The molecule has 0 amide bonds. The van der Waals surface area contributed by atoms with Gasteiger partial charge in [-0.25, -0.2) is 9.97 Å². The summed E-state index contributed by atoms with van der Waals surface area (Å²) in [5.41, 5.74) is -0.326. The average molecular weight is 333 g/mol. The highest BCUT2D eigenvalue weighted by Gasteiger charge is 2.26. The Balaban J connectivity index is 1.86. The Morgan fingerprint density at radius 3 is 2.72 bits per heavy atom. The van der Waals surface area contributed by atoms with Gasteiger partial charge in [-0.2, -0.15) is 4.98 Å². The fraction of sp³-hybridized carbons (Fsp3) is 0. The largest absolute Gasteiger partial charge is 0.433 e. The Hall–Kier alpha value is -3.81. The lowest BCUT2D eigenvalue weighted by Crippen LogP contribution is -2.05. The fourth-order valence-electron chi connectivity index (χ4n) is 2.55. The zero-order valence-corrected chi connectivity index (χ0v) is 12.8. The van der Waals surface area contributed by atoms with Crippen LogP contribution in [0.15, 0.2) is 67.5 Å². The lowest BCUT2D eigenvalue weighted by Gasteiger charge is -2.10. The summed E-state index contributed by atoms with van der Waals surface area (Å²) in [4.78, 5) is 22.9. The molecule has 25 heavy (non-hydrogen) atoms. The summed E-state index contributed by atoms with van der Waals surface area (Å²) in [6, 6.07) is 13.1. The molecule has 2 aromatic carbocycles. The molecule has 8 heteroatoms. The molecule has 0 aliphatic heterocycles. The summed E-state index contributed by atoms with van der Waals surface area (Å²) in [6.45, 7) is 0. The first-order valence-corrected chi connectivity index (χ1v) is 7.37. The van der Waals surface area contributed by atoms with E-state index >= 15 is 0 Å². The number of ether oxygens (including phenoxy) is 1. The first-order valence-electron chi connectivity index (χ1n) is 7.37. The summed E-state index contributed by atoms with van der Waals surface area (Å²) in [6.07, 6.45) is 5.73. The monoisotopic (exact) mass is 333 g/mol. The molecular weight excluding hydrogens is 322 g/mol. The van der Waals surface area contributed by atoms with Crippen LogP contribution in [-0.4, -0.2) is 24.4 Å². The number of imidazole rings is 1. The van der Waals surface area contributed by atoms with Gasteiger partial charge in [0.05, 0.1) is 4.92 Å². The molecule has 0 saturated heterocycles. The maximum absolute atomic E-state index is 11.6. The van der Waals surface area contributed by atoms with Crippen molar-refractivity contribution in [2.75, 3.05) is 0 Å². The second-order valence-corrected chi connectivity index (χ2v) is 5.16. The van der Waals surface area contributed by atoms with E-state index in [9.17, 15) is 10.1 Å². The SMILES string of the molecule is O=[N+]([O-])c1c(Oc2cccc3ccccc23)ncnc1-n1ccnc1. The van der Waals surface area contributed by atoms with Gasteiger partial charge in [-0.05, 0) is 11.5 Å². The van der Waals surface area contributed by atoms with E-state index in [4.69, 9.17) is 4.74 Å². The number of fused-ring (bicyclic) bond motifs is 1. The van der Waals surface area contributed by atoms with E-state index in [1.54, 1.807) is 12.3 Å². The number of nitro groups is 1. The van der Waals surface area contributed by atoms with Crippen molar-refractivity contribution in [2.24, 2.45) is 0 Å². The van der Waals surface area contributed by atoms with E-state index in [0.29, 0.717) is 5.75 Å². The minimum Gasteiger partial charge on any atom is -0.433 e. The van der Waals surface area contributed by atoms with E-state index in [1.807, 2.05) is 36.4 Å². The Kier molecular flexibility index (Phi) is 3.55. The summed E-state index contributed by atoms with van der Waals surface area (Å²) < 4.78 is 7.24. The zero-order chi connectivity index (χ0) is 17.2. The molecule has 0 fully saturated rings. The Labute approximate surface area is 141 Å². The van der Waals surface area contributed by atoms with Crippen LogP contribution in [0.1, 0.15) is 0 Å². The van der Waals surface area contributed by atoms with Crippen LogP contribution >= 0.6 is 0 Å². The summed E-state index contributed by atoms with van der Waals surface area (Å²) in [7, 11) is 0. The third-order valence-corrected chi connectivity index (χ3v) is 3.66. The summed E-state index contributed by atoms with van der Waals surface area (Å²) in [5.74, 6) is 0.448. The van der Waals surface area contributed by atoms with Gasteiger partial charge in [0.1, 0.15) is 18.4 Å². The molecule has 8 nitrogen and oxygen atoms in total. The number of rotatable bonds is 4. The molecule has 0 saturated carbocycles. The predicted octanol–water partition coefficient (Wildman–Crippen LogP) is 3.52. The van der Waals surface area contributed by atoms with Crippen LogP contribution in [0, 0.1) is 10.1 Å². The number of aromatic nitrogens is 4. The molecule has 0 unspecified atom stereocenters. The second-order valence-electron chi connectivity index (χ2n) is 5.16. The zero-order valence-electron chi connectivity index (χ0n) is 12.8. The fourth-order valence-corrected chi connectivity index (χ4v) is 2.55. The van der Waals surface area contributed by atoms with Gasteiger partial charge in [0.25, 0.3) is 0 Å². The van der Waals surface area contributed by atoms with Crippen molar-refractivity contribution in [3.8, 4) is 17.4 Å². The molecular formula is C17H11N5O3. The quantitative estimate of drug-likeness (QED) is 0.419. The normalized spacial score (nSPS) is 10.7. The minimum atomic E-state index is -0.560. The maximum atomic E-state index is 11.6. The predicted molar refractivity (Wildman–Crippen MR) is 89.8 cm³/mol. The smallest absolute Gasteiger partial charge is 0.374 e. The van der Waals surface area contributed by atoms with Crippen LogP contribution in [0.5, 0.6) is 11.6 Å². The number of hydrogen-bond donors (Lipinski definition) is 0. The van der Waals surface area contributed by atoms with Crippen LogP contribution in [0.2, 0.25) is 0 Å². The molecule has 122 valence electrons. The van der Waals surface area contributed by atoms with Gasteiger partial charge in [-0.15, -0.1) is 0 Å². The lowest BCUT2D eigenvalue weighted by atomic mass is 10.1. The van der Waals surface area contributed by atoms with Gasteiger partial charge in [-0.1, -0.05) is 36.4 Å². The van der Waals surface area contributed by atoms with Crippen molar-refractivity contribution < 1.29 is 9.66 Å². The van der Waals surface area contributed by atoms with Crippen LogP contribution in [0.3, 0.4) is 0 Å². The van der Waals surface area contributed by atoms with E-state index in [0.717, 1.165) is 10.8 Å². The van der Waals surface area contributed by atoms with Crippen molar-refractivity contribution in [3.05, 3.63) is 77.6 Å². The molecule has 2 aromatic heterocycles. The molecule has 0 N–H and O–H groups in total. The van der Waals surface area contributed by atoms with Gasteiger partial charge in [0.2, 0.25) is 5.82 Å². The van der Waals surface area contributed by atoms with Gasteiger partial charge < -0.3 is 4.74 Å². The molecule has 0 aliphatic carbocycles. The van der Waals surface area contributed by atoms with Gasteiger partial charge in [0, 0.05) is 17.8 Å². The standard InChI is InChI=1S/C17H11N5O3/c23-22(24)15-16(21-9-8-18-11-21)19-10-20-17(15)25-14-7-3-5-12-4-1-2-6-13(12)14/h1-11H. The van der Waals surface area contributed by atoms with E-state index in [2.05, 4.69) is 15.0 Å². The molecule has 2 heterocycles. The molecule has 4 rings (SSSR count). The number of hydrogen-bond acceptors (Lipinski definition) is 6. The molecule has 0 radical (unpaired) electrons. The van der Waals surface area contributed by atoms with Crippen LogP contribution in [0.4, 0.5) is 5.69 Å². The Morgan fingerprint density at radius 1 is 1.08 bits per heavy atom. The molecule has 0 aliphatic rings. The highest BCUT2D eigenvalue weighted by atomic mass is 16.6. The topological polar surface area (TPSA) is 96.0 Å². The van der Waals surface area contributed by atoms with Crippen molar-refractivity contribution in [1.29, 1.82) is 0 Å². The average Bonchev–Trinajstić information content (AvgIpc) is 3.16. The van der Waals surface area contributed by atoms with Crippen LogP contribution < -0.4 is 4.74 Å². The number of nitrogens with zero attached hydrogens (tertiary/aromatic N) is 5. The summed E-state index contributed by atoms with van der Waals surface area (Å²) >= 11 is 0. The maximum Gasteiger partial charge on any atom is 0.374 e. The Bertz CT molecular complexity index is 1060. The van der Waals surface area contributed by atoms with Crippen molar-refractivity contribution >= 4 is 16.5 Å². The van der Waals surface area contributed by atoms with Gasteiger partial charge in [0.15, 0.2) is 0 Å². The van der Waals surface area contributed by atoms with E-state index in [-0.39, 0.29) is 17.4 Å². The van der Waals surface area contributed by atoms with Crippen LogP contribution in [-0.2, 0) is 0 Å². The van der Waals surface area contributed by atoms with Crippen molar-refractivity contribution in [3.63, 3.8) is 0 Å². The molecule has 0 atom stereocenters. The number of benzene rings is 2. The summed E-state index contributed by atoms with van der Waals surface area (Å²) in [5, 5.41) is 13.4. The highest BCUT2D eigenvalue weighted by Crippen LogP contribution is 2.35. The van der Waals surface area contributed by atoms with E-state index < -0.39 is 4.92 Å². The first kappa shape index (κ1) is 14.8. The highest BCUT2D eigenvalue weighted by molar-refractivity contribution is 5.88. The van der Waals surface area contributed by atoms with Crippen LogP contribution in [0.25, 0.3) is 16.6 Å². The molecule has 0 bridgehead atoms. The first-order chi connectivity index (χ1) is 12.2. The van der Waals surface area contributed by atoms with Crippen molar-refractivity contribution in [1.82, 2.24) is 19.5 Å². The Morgan fingerprint density at radius 2 is 1.92 bits per heavy atom. The minimum absolute atomic E-state index is 0.0905. The third kappa shape index (κ3) is 2.65. The molecule has 4 aromatic rings. The van der Waals surface area contributed by atoms with Gasteiger partial charge in [-0.3, -0.25) is 14.7 Å². The van der Waals surface area contributed by atoms with Crippen molar-refractivity contribution in [2.45, 2.75) is 0 Å². The molecule has 0 spiro atoms. The van der Waals surface area contributed by atoms with E-state index in [1.165, 1.54) is 23.4 Å². The second kappa shape index (κ2) is 6.00. The lowest BCUT2D eigenvalue weighted by molar-refractivity contribution is -0.386. The van der Waals surface area contributed by atoms with Gasteiger partial charge >= 0.3 is 11.6 Å². The third-order valence-electron chi connectivity index (χ3n) is 3.66.